The van der Waals surface area contributed by atoms with Gasteiger partial charge < -0.3 is 4.74 Å². The molecule has 0 amide bonds. The van der Waals surface area contributed by atoms with Crippen LogP contribution in [0.2, 0.25) is 0 Å². The maximum atomic E-state index is 11.8. The fourth-order valence-corrected chi connectivity index (χ4v) is 1.77. The number of aromatic nitrogens is 2. The average Bonchev–Trinajstić information content (AvgIpc) is 2.65. The Bertz CT molecular complexity index is 368. The van der Waals surface area contributed by atoms with E-state index < -0.39 is 6.04 Å². The molecule has 1 aromatic heterocycles. The second-order valence-corrected chi connectivity index (χ2v) is 4.28. The Morgan fingerprint density at radius 1 is 1.53 bits per heavy atom. The number of nitrogens with zero attached hydrogens (tertiary/aromatic N) is 1. The van der Waals surface area contributed by atoms with Gasteiger partial charge in [-0.2, -0.15) is 5.10 Å². The molecule has 0 spiro atoms. The van der Waals surface area contributed by atoms with Crippen LogP contribution in [0.1, 0.15) is 43.3 Å². The van der Waals surface area contributed by atoms with Crippen LogP contribution in [0.5, 0.6) is 0 Å². The summed E-state index contributed by atoms with van der Waals surface area (Å²) in [5.74, 6) is -0.280. The fraction of sp³-hybridized carbons (Fsp3) is 0.667. The second-order valence-electron chi connectivity index (χ2n) is 4.28. The van der Waals surface area contributed by atoms with E-state index in [1.165, 1.54) is 7.11 Å². The van der Waals surface area contributed by atoms with E-state index in [4.69, 9.17) is 4.74 Å². The van der Waals surface area contributed by atoms with E-state index in [1.54, 1.807) is 0 Å². The molecule has 0 radical (unpaired) electrons. The van der Waals surface area contributed by atoms with Crippen LogP contribution in [0.3, 0.4) is 0 Å². The molecule has 0 bridgehead atoms. The van der Waals surface area contributed by atoms with Gasteiger partial charge in [-0.25, -0.2) is 4.79 Å². The van der Waals surface area contributed by atoms with Crippen molar-refractivity contribution in [3.63, 3.8) is 0 Å². The average molecular weight is 239 g/mol. The van der Waals surface area contributed by atoms with Crippen molar-refractivity contribution in [1.29, 1.82) is 0 Å². The quantitative estimate of drug-likeness (QED) is 0.766. The number of hydrogen-bond acceptors (Lipinski definition) is 4. The summed E-state index contributed by atoms with van der Waals surface area (Å²) in [5, 5.41) is 10.3. The molecule has 2 N–H and O–H groups in total. The van der Waals surface area contributed by atoms with Crippen molar-refractivity contribution in [1.82, 2.24) is 15.5 Å². The number of methoxy groups -OCH3 is 1. The van der Waals surface area contributed by atoms with Crippen LogP contribution in [0, 0.1) is 13.8 Å². The fourth-order valence-electron chi connectivity index (χ4n) is 1.77. The van der Waals surface area contributed by atoms with Gasteiger partial charge in [0.1, 0.15) is 6.04 Å². The molecule has 1 rings (SSSR count). The number of esters is 1. The minimum Gasteiger partial charge on any atom is -0.468 e. The highest BCUT2D eigenvalue weighted by molar-refractivity contribution is 5.78. The predicted octanol–water partition coefficient (Wildman–Crippen LogP) is 1.63. The van der Waals surface area contributed by atoms with Crippen molar-refractivity contribution in [2.75, 3.05) is 7.11 Å². The van der Waals surface area contributed by atoms with E-state index >= 15 is 0 Å². The van der Waals surface area contributed by atoms with Crippen molar-refractivity contribution in [2.24, 2.45) is 0 Å². The molecule has 0 saturated carbocycles. The Balaban J connectivity index is 3.02. The van der Waals surface area contributed by atoms with Crippen molar-refractivity contribution < 1.29 is 9.53 Å². The molecule has 5 nitrogen and oxygen atoms in total. The molecule has 5 heteroatoms. The molecule has 0 aliphatic rings. The predicted molar refractivity (Wildman–Crippen MR) is 65.7 cm³/mol. The number of nitrogens with one attached hydrogen (secondary N) is 2. The number of carbonyl (C=O) groups excluding carboxylic acids is 1. The first-order valence-electron chi connectivity index (χ1n) is 5.86. The largest absolute Gasteiger partial charge is 0.468 e. The number of hydrogen-bond donors (Lipinski definition) is 2. The molecule has 0 aliphatic carbocycles. The summed E-state index contributed by atoms with van der Waals surface area (Å²) < 4.78 is 4.85. The summed E-state index contributed by atoms with van der Waals surface area (Å²) >= 11 is 0. The van der Waals surface area contributed by atoms with Crippen LogP contribution in [-0.4, -0.2) is 29.3 Å². The number of H-pyrrole nitrogens is 1. The van der Waals surface area contributed by atoms with Crippen LogP contribution in [0.15, 0.2) is 0 Å². The molecular formula is C12H21N3O2. The van der Waals surface area contributed by atoms with Crippen LogP contribution >= 0.6 is 0 Å². The Hall–Kier alpha value is -1.36. The Labute approximate surface area is 102 Å². The van der Waals surface area contributed by atoms with E-state index in [-0.39, 0.29) is 12.0 Å². The molecule has 2 unspecified atom stereocenters. The number of aromatic amines is 1. The molecule has 1 aromatic rings. The number of carbonyl (C=O) groups is 1. The molecule has 0 aromatic carbocycles. The van der Waals surface area contributed by atoms with Crippen LogP contribution in [0.25, 0.3) is 0 Å². The summed E-state index contributed by atoms with van der Waals surface area (Å²) in [4.78, 5) is 11.8. The summed E-state index contributed by atoms with van der Waals surface area (Å²) in [6, 6.07) is -0.207. The molecule has 0 fully saturated rings. The maximum Gasteiger partial charge on any atom is 0.327 e. The van der Waals surface area contributed by atoms with E-state index in [0.717, 1.165) is 23.4 Å². The summed E-state index contributed by atoms with van der Waals surface area (Å²) in [6.45, 7) is 7.90. The van der Waals surface area contributed by atoms with Gasteiger partial charge in [0.05, 0.1) is 12.8 Å². The van der Waals surface area contributed by atoms with Crippen molar-refractivity contribution >= 4 is 5.97 Å². The number of rotatable bonds is 5. The lowest BCUT2D eigenvalue weighted by atomic mass is 10.0. The zero-order chi connectivity index (χ0) is 13.0. The van der Waals surface area contributed by atoms with E-state index in [9.17, 15) is 4.79 Å². The lowest BCUT2D eigenvalue weighted by Crippen LogP contribution is -2.36. The van der Waals surface area contributed by atoms with Crippen molar-refractivity contribution in [2.45, 2.75) is 46.2 Å². The molecule has 2 atom stereocenters. The highest BCUT2D eigenvalue weighted by atomic mass is 16.5. The maximum absolute atomic E-state index is 11.8. The number of aryl methyl sites for hydroxylation is 2. The Morgan fingerprint density at radius 3 is 2.59 bits per heavy atom. The highest BCUT2D eigenvalue weighted by Crippen LogP contribution is 2.21. The molecule has 17 heavy (non-hydrogen) atoms. The lowest BCUT2D eigenvalue weighted by Gasteiger charge is -2.21. The Kier molecular flexibility index (Phi) is 4.69. The second kappa shape index (κ2) is 5.82. The topological polar surface area (TPSA) is 67.0 Å². The van der Waals surface area contributed by atoms with Gasteiger partial charge in [0.15, 0.2) is 0 Å². The van der Waals surface area contributed by atoms with Crippen molar-refractivity contribution in [3.05, 3.63) is 17.0 Å². The first-order valence-corrected chi connectivity index (χ1v) is 5.86. The number of ether oxygens (including phenoxy) is 1. The third-order valence-corrected chi connectivity index (χ3v) is 2.97. The highest BCUT2D eigenvalue weighted by Gasteiger charge is 2.27. The van der Waals surface area contributed by atoms with Gasteiger partial charge in [-0.3, -0.25) is 10.4 Å². The summed E-state index contributed by atoms with van der Waals surface area (Å²) in [6.07, 6.45) is 0.948. The summed E-state index contributed by atoms with van der Waals surface area (Å²) in [5.41, 5.74) is 2.61. The Morgan fingerprint density at radius 2 is 2.18 bits per heavy atom. The molecule has 0 saturated heterocycles. The minimum atomic E-state index is -0.450. The van der Waals surface area contributed by atoms with Gasteiger partial charge in [-0.05, 0) is 27.2 Å². The first kappa shape index (κ1) is 13.7. The van der Waals surface area contributed by atoms with E-state index in [2.05, 4.69) is 22.4 Å². The molecule has 1 heterocycles. The van der Waals surface area contributed by atoms with Gasteiger partial charge >= 0.3 is 5.97 Å². The van der Waals surface area contributed by atoms with E-state index in [0.29, 0.717) is 0 Å². The lowest BCUT2D eigenvalue weighted by molar-refractivity contribution is -0.143. The van der Waals surface area contributed by atoms with Crippen molar-refractivity contribution in [3.8, 4) is 0 Å². The van der Waals surface area contributed by atoms with Gasteiger partial charge in [0, 0.05) is 17.3 Å². The third kappa shape index (κ3) is 3.06. The monoisotopic (exact) mass is 239 g/mol. The third-order valence-electron chi connectivity index (χ3n) is 2.97. The molecular weight excluding hydrogens is 218 g/mol. The van der Waals surface area contributed by atoms with Crippen LogP contribution < -0.4 is 5.32 Å². The van der Waals surface area contributed by atoms with Crippen LogP contribution in [0.4, 0.5) is 0 Å². The summed E-state index contributed by atoms with van der Waals surface area (Å²) in [7, 11) is 1.40. The van der Waals surface area contributed by atoms with Crippen LogP contribution in [-0.2, 0) is 9.53 Å². The SMILES string of the molecule is CCC(C)NC(C(=O)OC)c1c(C)n[nH]c1C. The molecule has 0 aliphatic heterocycles. The normalized spacial score (nSPS) is 14.4. The minimum absolute atomic E-state index is 0.243. The van der Waals surface area contributed by atoms with Gasteiger partial charge in [-0.1, -0.05) is 6.92 Å². The van der Waals surface area contributed by atoms with Gasteiger partial charge in [0.2, 0.25) is 0 Å². The van der Waals surface area contributed by atoms with Gasteiger partial charge in [-0.15, -0.1) is 0 Å². The molecule has 96 valence electrons. The van der Waals surface area contributed by atoms with Gasteiger partial charge in [0.25, 0.3) is 0 Å². The zero-order valence-corrected chi connectivity index (χ0v) is 11.1. The smallest absolute Gasteiger partial charge is 0.327 e. The standard InChI is InChI=1S/C12H21N3O2/c1-6-7(2)13-11(12(16)17-5)10-8(3)14-15-9(10)4/h7,11,13H,6H2,1-5H3,(H,14,15). The van der Waals surface area contributed by atoms with E-state index in [1.807, 2.05) is 20.8 Å². The zero-order valence-electron chi connectivity index (χ0n) is 11.1. The first-order chi connectivity index (χ1) is 8.01.